The van der Waals surface area contributed by atoms with Gasteiger partial charge in [-0.3, -0.25) is 4.79 Å². The summed E-state index contributed by atoms with van der Waals surface area (Å²) in [6.07, 6.45) is 2.61. The van der Waals surface area contributed by atoms with Crippen LogP contribution in [0, 0.1) is 12.8 Å². The fourth-order valence-corrected chi connectivity index (χ4v) is 2.66. The molecule has 3 nitrogen and oxygen atoms in total. The Morgan fingerprint density at radius 1 is 1.09 bits per heavy atom. The summed E-state index contributed by atoms with van der Waals surface area (Å²) in [6, 6.07) is 16.8. The number of carbonyl (C=O) groups is 1. The van der Waals surface area contributed by atoms with E-state index in [1.54, 1.807) is 0 Å². The maximum atomic E-state index is 11.8. The number of hydrogen-bond donors (Lipinski definition) is 2. The molecule has 0 radical (unpaired) electrons. The highest BCUT2D eigenvalue weighted by molar-refractivity contribution is 5.78. The van der Waals surface area contributed by atoms with E-state index in [1.165, 1.54) is 29.5 Å². The van der Waals surface area contributed by atoms with Gasteiger partial charge in [0.05, 0.1) is 6.54 Å². The summed E-state index contributed by atoms with van der Waals surface area (Å²) in [7, 11) is 0. The Hall–Kier alpha value is -2.13. The number of amides is 1. The predicted molar refractivity (Wildman–Crippen MR) is 94.1 cm³/mol. The Kier molecular flexibility index (Phi) is 5.09. The van der Waals surface area contributed by atoms with E-state index in [-0.39, 0.29) is 5.91 Å². The van der Waals surface area contributed by atoms with Crippen molar-refractivity contribution in [2.45, 2.75) is 26.3 Å². The van der Waals surface area contributed by atoms with Crippen molar-refractivity contribution >= 4 is 5.91 Å². The summed E-state index contributed by atoms with van der Waals surface area (Å²) < 4.78 is 0. The second-order valence-electron chi connectivity index (χ2n) is 6.42. The molecule has 3 rings (SSSR count). The molecule has 1 amide bonds. The van der Waals surface area contributed by atoms with Gasteiger partial charge in [-0.2, -0.15) is 0 Å². The van der Waals surface area contributed by atoms with Gasteiger partial charge in [-0.25, -0.2) is 0 Å². The molecule has 0 unspecified atom stereocenters. The first-order chi connectivity index (χ1) is 11.2. The third-order valence-corrected chi connectivity index (χ3v) is 4.18. The first-order valence-electron chi connectivity index (χ1n) is 8.34. The van der Waals surface area contributed by atoms with Gasteiger partial charge in [0.1, 0.15) is 0 Å². The molecule has 2 N–H and O–H groups in total. The Balaban J connectivity index is 1.53. The van der Waals surface area contributed by atoms with Crippen LogP contribution in [0.15, 0.2) is 48.5 Å². The van der Waals surface area contributed by atoms with Gasteiger partial charge in [-0.15, -0.1) is 0 Å². The average molecular weight is 308 g/mol. The third kappa shape index (κ3) is 4.93. The van der Waals surface area contributed by atoms with Crippen LogP contribution in [0.1, 0.15) is 24.0 Å². The fraction of sp³-hybridized carbons (Fsp3) is 0.350. The third-order valence-electron chi connectivity index (χ3n) is 4.18. The molecular weight excluding hydrogens is 284 g/mol. The van der Waals surface area contributed by atoms with Gasteiger partial charge in [-0.05, 0) is 55.0 Å². The van der Waals surface area contributed by atoms with Crippen molar-refractivity contribution < 1.29 is 4.79 Å². The summed E-state index contributed by atoms with van der Waals surface area (Å²) in [5.74, 6) is 0.861. The van der Waals surface area contributed by atoms with Gasteiger partial charge in [-0.1, -0.05) is 48.0 Å². The van der Waals surface area contributed by atoms with E-state index in [4.69, 9.17) is 0 Å². The zero-order valence-electron chi connectivity index (χ0n) is 13.6. The van der Waals surface area contributed by atoms with Crippen LogP contribution in [0.5, 0.6) is 0 Å². The molecule has 2 aromatic rings. The van der Waals surface area contributed by atoms with E-state index in [1.807, 2.05) is 6.07 Å². The molecular formula is C20H24N2O. The van der Waals surface area contributed by atoms with Gasteiger partial charge in [0, 0.05) is 6.54 Å². The molecule has 1 fully saturated rings. The maximum Gasteiger partial charge on any atom is 0.234 e. The monoisotopic (exact) mass is 308 g/mol. The number of rotatable bonds is 7. The normalized spacial score (nSPS) is 13.8. The molecule has 0 saturated heterocycles. The maximum absolute atomic E-state index is 11.8. The number of nitrogens with one attached hydrogen (secondary N) is 2. The second kappa shape index (κ2) is 7.42. The summed E-state index contributed by atoms with van der Waals surface area (Å²) in [4.78, 5) is 11.8. The van der Waals surface area contributed by atoms with Crippen LogP contribution >= 0.6 is 0 Å². The van der Waals surface area contributed by atoms with E-state index in [0.29, 0.717) is 13.1 Å². The molecule has 0 bridgehead atoms. The molecule has 0 atom stereocenters. The number of aryl methyl sites for hydroxylation is 1. The van der Waals surface area contributed by atoms with Crippen LogP contribution in [0.2, 0.25) is 0 Å². The second-order valence-corrected chi connectivity index (χ2v) is 6.42. The Labute approximate surface area is 138 Å². The number of hydrogen-bond acceptors (Lipinski definition) is 2. The first-order valence-corrected chi connectivity index (χ1v) is 8.34. The molecule has 3 heteroatoms. The Bertz CT molecular complexity index is 677. The molecule has 120 valence electrons. The van der Waals surface area contributed by atoms with Gasteiger partial charge in [0.2, 0.25) is 5.91 Å². The van der Waals surface area contributed by atoms with E-state index in [9.17, 15) is 4.79 Å². The lowest BCUT2D eigenvalue weighted by molar-refractivity contribution is -0.120. The molecule has 1 aliphatic carbocycles. The highest BCUT2D eigenvalue weighted by Crippen LogP contribution is 2.27. The van der Waals surface area contributed by atoms with Crippen molar-refractivity contribution in [3.8, 4) is 11.1 Å². The van der Waals surface area contributed by atoms with Crippen LogP contribution in [-0.4, -0.2) is 19.0 Å². The molecule has 23 heavy (non-hydrogen) atoms. The van der Waals surface area contributed by atoms with Crippen molar-refractivity contribution in [1.82, 2.24) is 10.6 Å². The smallest absolute Gasteiger partial charge is 0.234 e. The van der Waals surface area contributed by atoms with Crippen molar-refractivity contribution in [3.05, 3.63) is 59.7 Å². The van der Waals surface area contributed by atoms with Gasteiger partial charge >= 0.3 is 0 Å². The average Bonchev–Trinajstić information content (AvgIpc) is 3.38. The van der Waals surface area contributed by atoms with Crippen LogP contribution in [0.4, 0.5) is 0 Å². The lowest BCUT2D eigenvalue weighted by Crippen LogP contribution is -2.34. The minimum absolute atomic E-state index is 0.0617. The largest absolute Gasteiger partial charge is 0.351 e. The topological polar surface area (TPSA) is 41.1 Å². The van der Waals surface area contributed by atoms with Gasteiger partial charge in [0.15, 0.2) is 0 Å². The minimum atomic E-state index is 0.0617. The molecule has 0 spiro atoms. The predicted octanol–water partition coefficient (Wildman–Crippen LogP) is 3.28. The number of benzene rings is 2. The van der Waals surface area contributed by atoms with E-state index < -0.39 is 0 Å². The lowest BCUT2D eigenvalue weighted by Gasteiger charge is -2.09. The van der Waals surface area contributed by atoms with Gasteiger partial charge in [0.25, 0.3) is 0 Å². The molecule has 1 saturated carbocycles. The minimum Gasteiger partial charge on any atom is -0.351 e. The van der Waals surface area contributed by atoms with E-state index >= 15 is 0 Å². The summed E-state index contributed by atoms with van der Waals surface area (Å²) in [5.41, 5.74) is 4.78. The summed E-state index contributed by atoms with van der Waals surface area (Å²) in [6.45, 7) is 4.05. The van der Waals surface area contributed by atoms with Crippen molar-refractivity contribution in [1.29, 1.82) is 0 Å². The quantitative estimate of drug-likeness (QED) is 0.824. The molecule has 1 aliphatic rings. The number of carbonyl (C=O) groups excluding carboxylic acids is 1. The first kappa shape index (κ1) is 15.8. The Morgan fingerprint density at radius 2 is 1.83 bits per heavy atom. The van der Waals surface area contributed by atoms with Crippen molar-refractivity contribution in [3.63, 3.8) is 0 Å². The Morgan fingerprint density at radius 3 is 2.57 bits per heavy atom. The van der Waals surface area contributed by atoms with Crippen LogP contribution in [0.25, 0.3) is 11.1 Å². The summed E-state index contributed by atoms with van der Waals surface area (Å²) in [5, 5.41) is 6.20. The lowest BCUT2D eigenvalue weighted by atomic mass is 10.0. The SMILES string of the molecule is Cc1cccc(-c2cccc(CNC(=O)CNCC3CC3)c2)c1. The summed E-state index contributed by atoms with van der Waals surface area (Å²) >= 11 is 0. The molecule has 0 aromatic heterocycles. The van der Waals surface area contributed by atoms with Crippen LogP contribution in [-0.2, 0) is 11.3 Å². The van der Waals surface area contributed by atoms with E-state index in [2.05, 4.69) is 60.0 Å². The van der Waals surface area contributed by atoms with Crippen molar-refractivity contribution in [2.24, 2.45) is 5.92 Å². The van der Waals surface area contributed by atoms with E-state index in [0.717, 1.165) is 18.0 Å². The zero-order chi connectivity index (χ0) is 16.1. The fourth-order valence-electron chi connectivity index (χ4n) is 2.66. The van der Waals surface area contributed by atoms with Crippen LogP contribution < -0.4 is 10.6 Å². The molecule has 0 aliphatic heterocycles. The van der Waals surface area contributed by atoms with Crippen LogP contribution in [0.3, 0.4) is 0 Å². The molecule has 0 heterocycles. The molecule has 2 aromatic carbocycles. The zero-order valence-corrected chi connectivity index (χ0v) is 13.6. The van der Waals surface area contributed by atoms with Crippen molar-refractivity contribution in [2.75, 3.05) is 13.1 Å². The highest BCUT2D eigenvalue weighted by atomic mass is 16.1. The highest BCUT2D eigenvalue weighted by Gasteiger charge is 2.20. The van der Waals surface area contributed by atoms with Gasteiger partial charge < -0.3 is 10.6 Å². The standard InChI is InChI=1S/C20H24N2O/c1-15-4-2-6-18(10-15)19-7-3-5-17(11-19)13-22-20(23)14-21-12-16-8-9-16/h2-7,10-11,16,21H,8-9,12-14H2,1H3,(H,22,23).